The molecular weight excluding hydrogens is 448 g/mol. The summed E-state index contributed by atoms with van der Waals surface area (Å²) in [5.74, 6) is -0.887. The molecule has 3 aromatic heterocycles. The second-order valence-corrected chi connectivity index (χ2v) is 7.66. The molecule has 0 radical (unpaired) electrons. The Kier molecular flexibility index (Phi) is 6.21. The number of likely N-dealkylation sites (N-methyl/N-ethyl adjacent to an activating group) is 1. The van der Waals surface area contributed by atoms with E-state index in [2.05, 4.69) is 25.2 Å². The zero-order valence-electron chi connectivity index (χ0n) is 18.6. The standard InChI is InChI=1S/C22H21F2N7O3/c1-13-5-6-17(34-22(23)24)14(9-13)19-16(11-30(28-19)12-18(32)29(2)3)27-21(33)15-10-26-31-8-4-7-25-20(15)31/h4-11,22H,12H2,1-3H3,(H,27,33). The van der Waals surface area contributed by atoms with Crippen molar-refractivity contribution in [3.05, 3.63) is 60.2 Å². The van der Waals surface area contributed by atoms with Gasteiger partial charge in [0.05, 0.1) is 11.9 Å². The average Bonchev–Trinajstić information content (AvgIpc) is 3.38. The number of rotatable bonds is 7. The van der Waals surface area contributed by atoms with Gasteiger partial charge in [-0.15, -0.1) is 0 Å². The SMILES string of the molecule is Cc1ccc(OC(F)F)c(-c2nn(CC(=O)N(C)C)cc2NC(=O)c2cnn3cccnc23)c1. The highest BCUT2D eigenvalue weighted by Crippen LogP contribution is 2.36. The van der Waals surface area contributed by atoms with Gasteiger partial charge in [-0.1, -0.05) is 11.6 Å². The van der Waals surface area contributed by atoms with Crippen molar-refractivity contribution in [2.45, 2.75) is 20.1 Å². The van der Waals surface area contributed by atoms with Gasteiger partial charge in [0.1, 0.15) is 23.6 Å². The fraction of sp³-hybridized carbons (Fsp3) is 0.227. The van der Waals surface area contributed by atoms with E-state index in [1.165, 1.54) is 38.8 Å². The van der Waals surface area contributed by atoms with Gasteiger partial charge >= 0.3 is 6.61 Å². The summed E-state index contributed by atoms with van der Waals surface area (Å²) in [7, 11) is 3.20. The highest BCUT2D eigenvalue weighted by Gasteiger charge is 2.22. The fourth-order valence-corrected chi connectivity index (χ4v) is 3.28. The minimum absolute atomic E-state index is 0.113. The van der Waals surface area contributed by atoms with Gasteiger partial charge < -0.3 is 15.0 Å². The molecule has 0 saturated heterocycles. The molecule has 34 heavy (non-hydrogen) atoms. The van der Waals surface area contributed by atoms with Crippen molar-refractivity contribution in [2.75, 3.05) is 19.4 Å². The van der Waals surface area contributed by atoms with E-state index in [0.29, 0.717) is 5.65 Å². The maximum absolute atomic E-state index is 13.1. The van der Waals surface area contributed by atoms with Crippen molar-refractivity contribution in [1.29, 1.82) is 0 Å². The van der Waals surface area contributed by atoms with Crippen LogP contribution in [0.15, 0.2) is 49.1 Å². The van der Waals surface area contributed by atoms with Crippen molar-refractivity contribution < 1.29 is 23.1 Å². The van der Waals surface area contributed by atoms with E-state index in [1.807, 2.05) is 0 Å². The summed E-state index contributed by atoms with van der Waals surface area (Å²) in [5, 5.41) is 11.2. The first-order chi connectivity index (χ1) is 16.2. The Balaban J connectivity index is 1.77. The molecule has 0 saturated carbocycles. The Bertz CT molecular complexity index is 1360. The second kappa shape index (κ2) is 9.25. The number of nitrogens with zero attached hydrogens (tertiary/aromatic N) is 6. The zero-order chi connectivity index (χ0) is 24.4. The number of halogens is 2. The van der Waals surface area contributed by atoms with Gasteiger partial charge in [0.15, 0.2) is 5.65 Å². The molecule has 1 aromatic carbocycles. The zero-order valence-corrected chi connectivity index (χ0v) is 18.6. The number of carbonyl (C=O) groups excluding carboxylic acids is 2. The van der Waals surface area contributed by atoms with Crippen LogP contribution in [-0.2, 0) is 11.3 Å². The lowest BCUT2D eigenvalue weighted by atomic mass is 10.1. The van der Waals surface area contributed by atoms with E-state index in [0.717, 1.165) is 5.56 Å². The lowest BCUT2D eigenvalue weighted by molar-refractivity contribution is -0.129. The van der Waals surface area contributed by atoms with Crippen molar-refractivity contribution in [1.82, 2.24) is 29.3 Å². The van der Waals surface area contributed by atoms with Crippen LogP contribution in [0.2, 0.25) is 0 Å². The van der Waals surface area contributed by atoms with Gasteiger partial charge in [-0.3, -0.25) is 14.3 Å². The largest absolute Gasteiger partial charge is 0.434 e. The van der Waals surface area contributed by atoms with Gasteiger partial charge in [0.2, 0.25) is 5.91 Å². The van der Waals surface area contributed by atoms with Crippen molar-refractivity contribution >= 4 is 23.1 Å². The van der Waals surface area contributed by atoms with Crippen LogP contribution in [0.3, 0.4) is 0 Å². The van der Waals surface area contributed by atoms with Crippen molar-refractivity contribution in [2.24, 2.45) is 0 Å². The minimum Gasteiger partial charge on any atom is -0.434 e. The molecule has 0 fully saturated rings. The Hall–Kier alpha value is -4.35. The van der Waals surface area contributed by atoms with Gasteiger partial charge in [-0.2, -0.15) is 19.0 Å². The van der Waals surface area contributed by atoms with Gasteiger partial charge in [0.25, 0.3) is 5.91 Å². The predicted molar refractivity (Wildman–Crippen MR) is 119 cm³/mol. The van der Waals surface area contributed by atoms with Gasteiger partial charge in [0, 0.05) is 38.2 Å². The molecule has 0 aliphatic heterocycles. The lowest BCUT2D eigenvalue weighted by Gasteiger charge is -2.12. The van der Waals surface area contributed by atoms with Crippen LogP contribution in [0.5, 0.6) is 5.75 Å². The van der Waals surface area contributed by atoms with Crippen molar-refractivity contribution in [3.8, 4) is 17.0 Å². The van der Waals surface area contributed by atoms with Crippen LogP contribution in [0.25, 0.3) is 16.9 Å². The van der Waals surface area contributed by atoms with E-state index in [1.54, 1.807) is 45.4 Å². The molecule has 12 heteroatoms. The number of hydrogen-bond acceptors (Lipinski definition) is 6. The maximum atomic E-state index is 13.1. The Morgan fingerprint density at radius 3 is 2.79 bits per heavy atom. The summed E-state index contributed by atoms with van der Waals surface area (Å²) >= 11 is 0. The fourth-order valence-electron chi connectivity index (χ4n) is 3.28. The number of alkyl halides is 2. The number of nitrogens with one attached hydrogen (secondary N) is 1. The molecule has 176 valence electrons. The number of ether oxygens (including phenoxy) is 1. The molecule has 0 bridgehead atoms. The third-order valence-electron chi connectivity index (χ3n) is 4.94. The van der Waals surface area contributed by atoms with E-state index in [-0.39, 0.29) is 40.7 Å². The smallest absolute Gasteiger partial charge is 0.387 e. The molecule has 2 amide bonds. The molecule has 0 unspecified atom stereocenters. The Morgan fingerprint density at radius 1 is 1.26 bits per heavy atom. The van der Waals surface area contributed by atoms with Crippen LogP contribution in [0.4, 0.5) is 14.5 Å². The van der Waals surface area contributed by atoms with Crippen LogP contribution in [0, 0.1) is 6.92 Å². The highest BCUT2D eigenvalue weighted by atomic mass is 19.3. The number of amides is 2. The summed E-state index contributed by atoms with van der Waals surface area (Å²) in [4.78, 5) is 30.9. The topological polar surface area (TPSA) is 107 Å². The number of fused-ring (bicyclic) bond motifs is 1. The first-order valence-corrected chi connectivity index (χ1v) is 10.2. The summed E-state index contributed by atoms with van der Waals surface area (Å²) in [6.07, 6.45) is 6.01. The molecule has 0 aliphatic carbocycles. The number of aromatic nitrogens is 5. The number of aryl methyl sites for hydroxylation is 1. The van der Waals surface area contributed by atoms with Crippen LogP contribution < -0.4 is 10.1 Å². The van der Waals surface area contributed by atoms with E-state index < -0.39 is 12.5 Å². The van der Waals surface area contributed by atoms with Gasteiger partial charge in [-0.25, -0.2) is 9.50 Å². The monoisotopic (exact) mass is 469 g/mol. The number of carbonyl (C=O) groups is 2. The van der Waals surface area contributed by atoms with E-state index >= 15 is 0 Å². The molecule has 0 aliphatic rings. The molecule has 4 rings (SSSR count). The maximum Gasteiger partial charge on any atom is 0.387 e. The summed E-state index contributed by atoms with van der Waals surface area (Å²) in [6.45, 7) is -1.39. The van der Waals surface area contributed by atoms with E-state index in [4.69, 9.17) is 0 Å². The number of hydrogen-bond donors (Lipinski definition) is 1. The number of anilines is 1. The lowest BCUT2D eigenvalue weighted by Crippen LogP contribution is -2.26. The summed E-state index contributed by atoms with van der Waals surface area (Å²) < 4.78 is 33.5. The molecule has 1 N–H and O–H groups in total. The first-order valence-electron chi connectivity index (χ1n) is 10.2. The summed E-state index contributed by atoms with van der Waals surface area (Å²) in [5.41, 5.74) is 1.93. The molecule has 10 nitrogen and oxygen atoms in total. The summed E-state index contributed by atoms with van der Waals surface area (Å²) in [6, 6.07) is 6.32. The minimum atomic E-state index is -3.05. The quantitative estimate of drug-likeness (QED) is 0.446. The molecule has 0 atom stereocenters. The predicted octanol–water partition coefficient (Wildman–Crippen LogP) is 2.84. The third-order valence-corrected chi connectivity index (χ3v) is 4.94. The molecule has 0 spiro atoms. The number of benzene rings is 1. The average molecular weight is 469 g/mol. The van der Waals surface area contributed by atoms with Crippen LogP contribution >= 0.6 is 0 Å². The Morgan fingerprint density at radius 2 is 2.06 bits per heavy atom. The Labute approximate surface area is 192 Å². The molecule has 4 aromatic rings. The molecular formula is C22H21F2N7O3. The first kappa shape index (κ1) is 22.8. The second-order valence-electron chi connectivity index (χ2n) is 7.66. The molecule has 3 heterocycles. The highest BCUT2D eigenvalue weighted by molar-refractivity contribution is 6.09. The van der Waals surface area contributed by atoms with E-state index in [9.17, 15) is 18.4 Å². The normalized spacial score (nSPS) is 11.1. The van der Waals surface area contributed by atoms with Crippen LogP contribution in [0.1, 0.15) is 15.9 Å². The van der Waals surface area contributed by atoms with Crippen LogP contribution in [-0.4, -0.2) is 61.8 Å². The van der Waals surface area contributed by atoms with Crippen molar-refractivity contribution in [3.63, 3.8) is 0 Å². The third kappa shape index (κ3) is 4.70. The van der Waals surface area contributed by atoms with Gasteiger partial charge in [-0.05, 0) is 25.1 Å².